The maximum atomic E-state index is 12.1. The van der Waals surface area contributed by atoms with Crippen LogP contribution in [-0.2, 0) is 14.3 Å². The maximum Gasteiger partial charge on any atom is 0.347 e. The highest BCUT2D eigenvalue weighted by Gasteiger charge is 2.21. The summed E-state index contributed by atoms with van der Waals surface area (Å²) in [4.78, 5) is 34.4. The zero-order valence-corrected chi connectivity index (χ0v) is 15.0. The lowest BCUT2D eigenvalue weighted by Crippen LogP contribution is -2.31. The van der Waals surface area contributed by atoms with E-state index < -0.39 is 29.5 Å². The second-order valence-electron chi connectivity index (χ2n) is 5.74. The molecule has 2 aromatic rings. The van der Waals surface area contributed by atoms with Crippen molar-refractivity contribution in [1.29, 1.82) is 0 Å². The minimum absolute atomic E-state index is 0.143. The normalized spacial score (nSPS) is 11.3. The first kappa shape index (κ1) is 19.9. The maximum absolute atomic E-state index is 12.1. The number of esters is 1. The van der Waals surface area contributed by atoms with Gasteiger partial charge in [0.1, 0.15) is 5.75 Å². The zero-order valence-electron chi connectivity index (χ0n) is 15.0. The average molecular weight is 372 g/mol. The standard InChI is InChI=1S/C19H20N2O6/c1-3-17(27-15-7-5-4-6-8-15)19(23)26-12-18(22)20-16-11-14(21(24)25)10-9-13(16)2/h4-11,17H,3,12H2,1-2H3,(H,20,22)/t17-/m1/s1. The van der Waals surface area contributed by atoms with E-state index >= 15 is 0 Å². The molecule has 0 bridgehead atoms. The minimum Gasteiger partial charge on any atom is -0.479 e. The van der Waals surface area contributed by atoms with Crippen LogP contribution in [0.25, 0.3) is 0 Å². The molecular formula is C19H20N2O6. The Morgan fingerprint density at radius 3 is 2.52 bits per heavy atom. The number of ether oxygens (including phenoxy) is 2. The Balaban J connectivity index is 1.91. The van der Waals surface area contributed by atoms with E-state index in [1.165, 1.54) is 18.2 Å². The number of anilines is 1. The molecule has 0 saturated carbocycles. The van der Waals surface area contributed by atoms with Crippen molar-refractivity contribution in [3.05, 3.63) is 64.2 Å². The van der Waals surface area contributed by atoms with Gasteiger partial charge in [-0.2, -0.15) is 0 Å². The molecule has 0 heterocycles. The highest BCUT2D eigenvalue weighted by Crippen LogP contribution is 2.21. The number of nitrogens with zero attached hydrogens (tertiary/aromatic N) is 1. The van der Waals surface area contributed by atoms with E-state index in [1.807, 2.05) is 6.07 Å². The number of carbonyl (C=O) groups excluding carboxylic acids is 2. The van der Waals surface area contributed by atoms with Gasteiger partial charge in [0.05, 0.1) is 10.6 Å². The van der Waals surface area contributed by atoms with Crippen LogP contribution >= 0.6 is 0 Å². The Morgan fingerprint density at radius 2 is 1.89 bits per heavy atom. The van der Waals surface area contributed by atoms with Crippen LogP contribution in [0, 0.1) is 17.0 Å². The van der Waals surface area contributed by atoms with E-state index in [4.69, 9.17) is 9.47 Å². The molecule has 0 fully saturated rings. The fraction of sp³-hybridized carbons (Fsp3) is 0.263. The van der Waals surface area contributed by atoms with Gasteiger partial charge < -0.3 is 14.8 Å². The molecule has 27 heavy (non-hydrogen) atoms. The van der Waals surface area contributed by atoms with E-state index in [0.717, 1.165) is 0 Å². The van der Waals surface area contributed by atoms with Gasteiger partial charge in [-0.1, -0.05) is 31.2 Å². The first-order chi connectivity index (χ1) is 12.9. The van der Waals surface area contributed by atoms with Gasteiger partial charge in [0.2, 0.25) is 0 Å². The molecule has 0 saturated heterocycles. The van der Waals surface area contributed by atoms with Gasteiger partial charge in [0.25, 0.3) is 11.6 Å². The lowest BCUT2D eigenvalue weighted by atomic mass is 10.2. The lowest BCUT2D eigenvalue weighted by molar-refractivity contribution is -0.384. The molecule has 0 aliphatic rings. The largest absolute Gasteiger partial charge is 0.479 e. The molecule has 0 aliphatic carbocycles. The molecular weight excluding hydrogens is 352 g/mol. The predicted octanol–water partition coefficient (Wildman–Crippen LogP) is 3.24. The molecule has 0 unspecified atom stereocenters. The van der Waals surface area contributed by atoms with E-state index in [-0.39, 0.29) is 11.4 Å². The first-order valence-corrected chi connectivity index (χ1v) is 8.34. The van der Waals surface area contributed by atoms with E-state index in [1.54, 1.807) is 38.1 Å². The Morgan fingerprint density at radius 1 is 1.19 bits per heavy atom. The summed E-state index contributed by atoms with van der Waals surface area (Å²) in [7, 11) is 0. The molecule has 0 spiro atoms. The van der Waals surface area contributed by atoms with Crippen molar-refractivity contribution in [3.63, 3.8) is 0 Å². The monoisotopic (exact) mass is 372 g/mol. The molecule has 1 amide bonds. The minimum atomic E-state index is -0.834. The third-order valence-corrected chi connectivity index (χ3v) is 3.71. The molecule has 2 rings (SSSR count). The summed E-state index contributed by atoms with van der Waals surface area (Å²) in [5.41, 5.74) is 0.798. The molecule has 8 heteroatoms. The van der Waals surface area contributed by atoms with Gasteiger partial charge in [0.15, 0.2) is 12.7 Å². The summed E-state index contributed by atoms with van der Waals surface area (Å²) in [6, 6.07) is 12.9. The summed E-state index contributed by atoms with van der Waals surface area (Å²) >= 11 is 0. The van der Waals surface area contributed by atoms with Crippen LogP contribution in [-0.4, -0.2) is 29.5 Å². The number of para-hydroxylation sites is 1. The van der Waals surface area contributed by atoms with Gasteiger partial charge in [-0.15, -0.1) is 0 Å². The number of nitrogens with one attached hydrogen (secondary N) is 1. The molecule has 0 aromatic heterocycles. The summed E-state index contributed by atoms with van der Waals surface area (Å²) in [6.45, 7) is 2.95. The zero-order chi connectivity index (χ0) is 19.8. The fourth-order valence-electron chi connectivity index (χ4n) is 2.24. The number of rotatable bonds is 8. The van der Waals surface area contributed by atoms with Gasteiger partial charge in [-0.05, 0) is 31.0 Å². The highest BCUT2D eigenvalue weighted by molar-refractivity contribution is 5.94. The number of benzene rings is 2. The summed E-state index contributed by atoms with van der Waals surface area (Å²) in [5, 5.41) is 13.3. The number of nitro benzene ring substituents is 1. The van der Waals surface area contributed by atoms with Crippen LogP contribution in [0.5, 0.6) is 5.75 Å². The quantitative estimate of drug-likeness (QED) is 0.433. The fourth-order valence-corrected chi connectivity index (χ4v) is 2.24. The first-order valence-electron chi connectivity index (χ1n) is 8.34. The van der Waals surface area contributed by atoms with E-state index in [0.29, 0.717) is 17.7 Å². The molecule has 2 aromatic carbocycles. The number of carbonyl (C=O) groups is 2. The number of nitro groups is 1. The van der Waals surface area contributed by atoms with Gasteiger partial charge in [-0.3, -0.25) is 14.9 Å². The Labute approximate surface area is 156 Å². The smallest absolute Gasteiger partial charge is 0.347 e. The highest BCUT2D eigenvalue weighted by atomic mass is 16.6. The summed E-state index contributed by atoms with van der Waals surface area (Å²) in [6.07, 6.45) is -0.459. The second kappa shape index (κ2) is 9.33. The van der Waals surface area contributed by atoms with Crippen molar-refractivity contribution in [2.24, 2.45) is 0 Å². The Kier molecular flexibility index (Phi) is 6.87. The van der Waals surface area contributed by atoms with Crippen LogP contribution in [0.2, 0.25) is 0 Å². The molecule has 142 valence electrons. The molecule has 8 nitrogen and oxygen atoms in total. The second-order valence-corrected chi connectivity index (χ2v) is 5.74. The SMILES string of the molecule is CC[C@@H](Oc1ccccc1)C(=O)OCC(=O)Nc1cc([N+](=O)[O-])ccc1C. The summed E-state index contributed by atoms with van der Waals surface area (Å²) < 4.78 is 10.6. The molecule has 1 N–H and O–H groups in total. The predicted molar refractivity (Wildman–Crippen MR) is 98.6 cm³/mol. The molecule has 1 atom stereocenters. The number of non-ortho nitro benzene ring substituents is 1. The van der Waals surface area contributed by atoms with Crippen LogP contribution in [0.1, 0.15) is 18.9 Å². The average Bonchev–Trinajstić information content (AvgIpc) is 2.66. The number of hydrogen-bond acceptors (Lipinski definition) is 6. The Hall–Kier alpha value is -3.42. The van der Waals surface area contributed by atoms with Crippen LogP contribution in [0.3, 0.4) is 0 Å². The van der Waals surface area contributed by atoms with Crippen LogP contribution in [0.15, 0.2) is 48.5 Å². The van der Waals surface area contributed by atoms with Gasteiger partial charge in [-0.25, -0.2) is 4.79 Å². The van der Waals surface area contributed by atoms with Crippen LogP contribution in [0.4, 0.5) is 11.4 Å². The third-order valence-electron chi connectivity index (χ3n) is 3.71. The lowest BCUT2D eigenvalue weighted by Gasteiger charge is -2.16. The summed E-state index contributed by atoms with van der Waals surface area (Å²) in [5.74, 6) is -0.730. The van der Waals surface area contributed by atoms with Gasteiger partial charge in [0, 0.05) is 12.1 Å². The van der Waals surface area contributed by atoms with E-state index in [9.17, 15) is 19.7 Å². The topological polar surface area (TPSA) is 108 Å². The van der Waals surface area contributed by atoms with Gasteiger partial charge >= 0.3 is 5.97 Å². The van der Waals surface area contributed by atoms with E-state index in [2.05, 4.69) is 5.32 Å². The number of hydrogen-bond donors (Lipinski definition) is 1. The van der Waals surface area contributed by atoms with Crippen LogP contribution < -0.4 is 10.1 Å². The third kappa shape index (κ3) is 5.81. The molecule has 0 aliphatic heterocycles. The van der Waals surface area contributed by atoms with Crippen molar-refractivity contribution in [3.8, 4) is 5.75 Å². The van der Waals surface area contributed by atoms with Crippen molar-refractivity contribution in [2.75, 3.05) is 11.9 Å². The number of amides is 1. The van der Waals surface area contributed by atoms with Crippen molar-refractivity contribution in [2.45, 2.75) is 26.4 Å². The number of aryl methyl sites for hydroxylation is 1. The van der Waals surface area contributed by atoms with Crippen molar-refractivity contribution >= 4 is 23.3 Å². The van der Waals surface area contributed by atoms with Crippen molar-refractivity contribution < 1.29 is 24.0 Å². The van der Waals surface area contributed by atoms with Crippen molar-refractivity contribution in [1.82, 2.24) is 0 Å². The molecule has 0 radical (unpaired) electrons. The Bertz CT molecular complexity index is 822.